The van der Waals surface area contributed by atoms with Gasteiger partial charge < -0.3 is 20.7 Å². The number of benzene rings is 2. The van der Waals surface area contributed by atoms with Gasteiger partial charge in [0.25, 0.3) is 5.56 Å². The maximum Gasteiger partial charge on any atom is 0.332 e. The van der Waals surface area contributed by atoms with Crippen molar-refractivity contribution in [3.63, 3.8) is 0 Å². The summed E-state index contributed by atoms with van der Waals surface area (Å²) in [5.74, 6) is 1.33. The molecule has 51 heavy (non-hydrogen) atoms. The smallest absolute Gasteiger partial charge is 0.332 e. The number of hydrogen-bond donors (Lipinski definition) is 3. The van der Waals surface area contributed by atoms with Crippen molar-refractivity contribution in [2.75, 3.05) is 32.1 Å². The number of anilines is 2. The van der Waals surface area contributed by atoms with E-state index in [0.29, 0.717) is 29.1 Å². The van der Waals surface area contributed by atoms with Crippen LogP contribution in [0.1, 0.15) is 41.4 Å². The molecule has 0 saturated carbocycles. The molecule has 1 spiro atoms. The van der Waals surface area contributed by atoms with Crippen molar-refractivity contribution >= 4 is 40.2 Å². The molecule has 2 amide bonds. The van der Waals surface area contributed by atoms with Crippen LogP contribution in [0.15, 0.2) is 52.1 Å². The maximum atomic E-state index is 13.3. The first-order valence-electron chi connectivity index (χ1n) is 17.0. The SMILES string of the molecule is COc1nc(-c2cccc(-c3cccc(Nc4nc(C)nc5c4c(=O)n(C)c(=O)n5C)c3C)c2Cl)cc2c1C(N1CCC3(CNC(=O)N3)C1)CC2. The van der Waals surface area contributed by atoms with Crippen molar-refractivity contribution < 1.29 is 9.53 Å². The summed E-state index contributed by atoms with van der Waals surface area (Å²) in [7, 11) is 4.69. The number of likely N-dealkylation sites (tertiary alicyclic amines) is 1. The van der Waals surface area contributed by atoms with Gasteiger partial charge in [-0.3, -0.25) is 18.8 Å². The Bertz CT molecular complexity index is 2410. The molecule has 2 atom stereocenters. The molecule has 5 aromatic rings. The summed E-state index contributed by atoms with van der Waals surface area (Å²) in [6.45, 7) is 6.02. The molecule has 3 aromatic heterocycles. The number of urea groups is 1. The normalized spacial score (nSPS) is 19.8. The Balaban J connectivity index is 1.14. The number of ether oxygens (including phenoxy) is 1. The molecule has 13 nitrogen and oxygen atoms in total. The lowest BCUT2D eigenvalue weighted by molar-refractivity contribution is 0.219. The number of carbonyl (C=O) groups is 1. The van der Waals surface area contributed by atoms with Gasteiger partial charge in [-0.15, -0.1) is 0 Å². The molecule has 1 aliphatic carbocycles. The van der Waals surface area contributed by atoms with Gasteiger partial charge >= 0.3 is 11.7 Å². The van der Waals surface area contributed by atoms with E-state index in [0.717, 1.165) is 76.1 Å². The van der Waals surface area contributed by atoms with Crippen molar-refractivity contribution in [2.24, 2.45) is 14.1 Å². The summed E-state index contributed by atoms with van der Waals surface area (Å²) in [5.41, 5.74) is 6.26. The number of nitrogens with zero attached hydrogens (tertiary/aromatic N) is 6. The van der Waals surface area contributed by atoms with Gasteiger partial charge in [0.05, 0.1) is 23.4 Å². The Labute approximate surface area is 298 Å². The molecule has 2 saturated heterocycles. The van der Waals surface area contributed by atoms with Gasteiger partial charge in [-0.05, 0) is 61.9 Å². The van der Waals surface area contributed by atoms with Gasteiger partial charge in [-0.1, -0.05) is 41.9 Å². The lowest BCUT2D eigenvalue weighted by Gasteiger charge is -2.28. The summed E-state index contributed by atoms with van der Waals surface area (Å²) in [6.07, 6.45) is 2.74. The predicted octanol–water partition coefficient (Wildman–Crippen LogP) is 4.52. The Morgan fingerprint density at radius 2 is 1.76 bits per heavy atom. The largest absolute Gasteiger partial charge is 0.481 e. The Morgan fingerprint density at radius 1 is 1.00 bits per heavy atom. The van der Waals surface area contributed by atoms with Crippen LogP contribution in [0.5, 0.6) is 5.88 Å². The van der Waals surface area contributed by atoms with E-state index in [-0.39, 0.29) is 28.6 Å². The minimum Gasteiger partial charge on any atom is -0.481 e. The van der Waals surface area contributed by atoms with Crippen LogP contribution in [0, 0.1) is 13.8 Å². The molecule has 2 unspecified atom stereocenters. The quantitative estimate of drug-likeness (QED) is 0.232. The van der Waals surface area contributed by atoms with Crippen LogP contribution in [0.4, 0.5) is 16.3 Å². The average Bonchev–Trinajstić information content (AvgIpc) is 3.84. The van der Waals surface area contributed by atoms with Crippen molar-refractivity contribution in [1.29, 1.82) is 0 Å². The number of pyridine rings is 1. The lowest BCUT2D eigenvalue weighted by atomic mass is 9.96. The van der Waals surface area contributed by atoms with Crippen molar-refractivity contribution in [1.82, 2.24) is 39.6 Å². The second-order valence-corrected chi connectivity index (χ2v) is 14.1. The Hall–Kier alpha value is -5.27. The molecule has 262 valence electrons. The first-order chi connectivity index (χ1) is 24.5. The van der Waals surface area contributed by atoms with Gasteiger partial charge in [-0.2, -0.15) is 0 Å². The van der Waals surface area contributed by atoms with E-state index < -0.39 is 11.2 Å². The molecule has 3 N–H and O–H groups in total. The zero-order valence-corrected chi connectivity index (χ0v) is 29.8. The highest BCUT2D eigenvalue weighted by Crippen LogP contribution is 2.46. The van der Waals surface area contributed by atoms with Crippen LogP contribution in [0.2, 0.25) is 5.02 Å². The fraction of sp³-hybridized carbons (Fsp3) is 0.351. The molecule has 2 fully saturated rings. The number of hydrogen-bond acceptors (Lipinski definition) is 9. The van der Waals surface area contributed by atoms with Crippen molar-refractivity contribution in [2.45, 2.75) is 44.7 Å². The average molecular weight is 708 g/mol. The third-order valence-corrected chi connectivity index (χ3v) is 11.1. The molecule has 14 heteroatoms. The molecule has 0 radical (unpaired) electrons. The second-order valence-electron chi connectivity index (χ2n) is 13.7. The Kier molecular flexibility index (Phi) is 7.87. The number of nitrogens with one attached hydrogen (secondary N) is 3. The molecule has 5 heterocycles. The topological polar surface area (TPSA) is 148 Å². The van der Waals surface area contributed by atoms with Gasteiger partial charge in [0.1, 0.15) is 17.0 Å². The third kappa shape index (κ3) is 5.33. The number of methoxy groups -OCH3 is 1. The van der Waals surface area contributed by atoms with Gasteiger partial charge in [0, 0.05) is 62.1 Å². The van der Waals surface area contributed by atoms with Crippen molar-refractivity contribution in [3.05, 3.63) is 90.8 Å². The highest BCUT2D eigenvalue weighted by atomic mass is 35.5. The fourth-order valence-electron chi connectivity index (χ4n) is 8.02. The van der Waals surface area contributed by atoms with E-state index in [9.17, 15) is 14.4 Å². The molecule has 2 aromatic carbocycles. The third-order valence-electron chi connectivity index (χ3n) is 10.7. The number of aryl methyl sites for hydroxylation is 3. The summed E-state index contributed by atoms with van der Waals surface area (Å²) in [4.78, 5) is 54.2. The highest BCUT2D eigenvalue weighted by Gasteiger charge is 2.46. The summed E-state index contributed by atoms with van der Waals surface area (Å²) in [6, 6.07) is 14.0. The zero-order valence-electron chi connectivity index (χ0n) is 29.1. The fourth-order valence-corrected chi connectivity index (χ4v) is 8.35. The van der Waals surface area contributed by atoms with E-state index >= 15 is 0 Å². The van der Waals surface area contributed by atoms with E-state index in [1.54, 1.807) is 21.1 Å². The zero-order chi connectivity index (χ0) is 35.8. The first kappa shape index (κ1) is 32.9. The Morgan fingerprint density at radius 3 is 2.53 bits per heavy atom. The van der Waals surface area contributed by atoms with E-state index in [1.165, 1.54) is 17.2 Å². The van der Waals surface area contributed by atoms with Gasteiger partial charge in [0.2, 0.25) is 5.88 Å². The summed E-state index contributed by atoms with van der Waals surface area (Å²) < 4.78 is 8.34. The monoisotopic (exact) mass is 707 g/mol. The van der Waals surface area contributed by atoms with Crippen LogP contribution in [-0.4, -0.2) is 67.3 Å². The summed E-state index contributed by atoms with van der Waals surface area (Å²) >= 11 is 7.24. The summed E-state index contributed by atoms with van der Waals surface area (Å²) in [5, 5.41) is 10.2. The van der Waals surface area contributed by atoms with Crippen LogP contribution in [0.3, 0.4) is 0 Å². The number of amides is 2. The minimum atomic E-state index is -0.479. The maximum absolute atomic E-state index is 13.3. The second kappa shape index (κ2) is 12.2. The van der Waals surface area contributed by atoms with Crippen LogP contribution in [-0.2, 0) is 20.5 Å². The standard InChI is InChI=1S/C37H38ClN9O4/c1-19-22(8-7-11-25(19)42-31-29-32(41-20(2)40-31)45(3)36(50)46(4)34(29)48)23-9-6-10-24(30(23)38)26-16-21-12-13-27(28(21)33(43-26)51-5)47-15-14-37(18-47)17-39-35(49)44-37/h6-11,16,27H,12-15,17-18H2,1-5H3,(H2,39,44,49)(H,40,41,42). The number of halogens is 1. The van der Waals surface area contributed by atoms with E-state index in [4.69, 9.17) is 21.3 Å². The first-order valence-corrected chi connectivity index (χ1v) is 17.3. The van der Waals surface area contributed by atoms with E-state index in [2.05, 4.69) is 36.9 Å². The molecule has 3 aliphatic rings. The van der Waals surface area contributed by atoms with Gasteiger partial charge in [-0.25, -0.2) is 24.5 Å². The van der Waals surface area contributed by atoms with E-state index in [1.807, 2.05) is 43.3 Å². The van der Waals surface area contributed by atoms with Crippen LogP contribution < -0.4 is 31.9 Å². The molecular formula is C37H38ClN9O4. The van der Waals surface area contributed by atoms with Crippen LogP contribution in [0.25, 0.3) is 33.4 Å². The highest BCUT2D eigenvalue weighted by molar-refractivity contribution is 6.36. The lowest BCUT2D eigenvalue weighted by Crippen LogP contribution is -2.46. The number of rotatable bonds is 6. The number of aromatic nitrogens is 5. The minimum absolute atomic E-state index is 0.0967. The van der Waals surface area contributed by atoms with Crippen LogP contribution >= 0.6 is 11.6 Å². The molecule has 0 bridgehead atoms. The molecule has 2 aliphatic heterocycles. The van der Waals surface area contributed by atoms with Crippen molar-refractivity contribution in [3.8, 4) is 28.3 Å². The molecular weight excluding hydrogens is 670 g/mol. The molecule has 8 rings (SSSR count). The predicted molar refractivity (Wildman–Crippen MR) is 196 cm³/mol. The van der Waals surface area contributed by atoms with Gasteiger partial charge in [0.15, 0.2) is 5.65 Å². The number of fused-ring (bicyclic) bond motifs is 2. The number of carbonyl (C=O) groups excluding carboxylic acids is 1.